The van der Waals surface area contributed by atoms with Gasteiger partial charge >= 0.3 is 5.97 Å². The van der Waals surface area contributed by atoms with Crippen LogP contribution in [0.25, 0.3) is 0 Å². The average Bonchev–Trinajstić information content (AvgIpc) is 2.85. The predicted molar refractivity (Wildman–Crippen MR) is 78.5 cm³/mol. The van der Waals surface area contributed by atoms with Crippen LogP contribution in [-0.4, -0.2) is 17.7 Å². The molecule has 0 atom stereocenters. The molecule has 104 valence electrons. The first-order valence-corrected chi connectivity index (χ1v) is 7.67. The topological polar surface area (TPSA) is 46.5 Å². The Morgan fingerprint density at radius 3 is 2.95 bits per heavy atom. The predicted octanol–water partition coefficient (Wildman–Crippen LogP) is 3.19. The molecule has 0 spiro atoms. The standard InChI is InChI=1S/C16H16O3S/c17-7-2-1-3-11-4-5-12-10-13-6-8-20-15(13)16(18)19-14(12)9-11/h4-6,8-9,17H,1-3,7,10H2. The molecule has 3 rings (SSSR count). The molecule has 0 aliphatic carbocycles. The lowest BCUT2D eigenvalue weighted by molar-refractivity contribution is 0.0740. The Balaban J connectivity index is 1.85. The number of hydrogen-bond donors (Lipinski definition) is 1. The summed E-state index contributed by atoms with van der Waals surface area (Å²) in [6, 6.07) is 8.08. The van der Waals surface area contributed by atoms with E-state index >= 15 is 0 Å². The van der Waals surface area contributed by atoms with Crippen molar-refractivity contribution >= 4 is 17.3 Å². The van der Waals surface area contributed by atoms with Crippen LogP contribution in [0.3, 0.4) is 0 Å². The van der Waals surface area contributed by atoms with Crippen LogP contribution >= 0.6 is 11.3 Å². The summed E-state index contributed by atoms with van der Waals surface area (Å²) in [5.41, 5.74) is 3.25. The molecule has 2 heterocycles. The van der Waals surface area contributed by atoms with Crippen LogP contribution in [0.4, 0.5) is 0 Å². The van der Waals surface area contributed by atoms with Gasteiger partial charge in [0.25, 0.3) is 0 Å². The Morgan fingerprint density at radius 1 is 1.20 bits per heavy atom. The number of unbranched alkanes of at least 4 members (excludes halogenated alkanes) is 1. The quantitative estimate of drug-likeness (QED) is 0.534. The minimum Gasteiger partial charge on any atom is -0.422 e. The van der Waals surface area contributed by atoms with Gasteiger partial charge in [0.15, 0.2) is 0 Å². The molecule has 20 heavy (non-hydrogen) atoms. The van der Waals surface area contributed by atoms with Gasteiger partial charge < -0.3 is 9.84 Å². The maximum atomic E-state index is 12.1. The molecular formula is C16H16O3S. The summed E-state index contributed by atoms with van der Waals surface area (Å²) < 4.78 is 5.51. The molecule has 0 radical (unpaired) electrons. The Morgan fingerprint density at radius 2 is 2.10 bits per heavy atom. The van der Waals surface area contributed by atoms with E-state index in [4.69, 9.17) is 9.84 Å². The molecule has 3 nitrogen and oxygen atoms in total. The summed E-state index contributed by atoms with van der Waals surface area (Å²) in [4.78, 5) is 12.8. The fourth-order valence-electron chi connectivity index (χ4n) is 2.44. The average molecular weight is 288 g/mol. The summed E-state index contributed by atoms with van der Waals surface area (Å²) in [7, 11) is 0. The number of fused-ring (bicyclic) bond motifs is 2. The van der Waals surface area contributed by atoms with E-state index in [0.29, 0.717) is 10.6 Å². The van der Waals surface area contributed by atoms with Gasteiger partial charge in [-0.25, -0.2) is 4.79 Å². The zero-order valence-electron chi connectivity index (χ0n) is 11.1. The van der Waals surface area contributed by atoms with Crippen molar-refractivity contribution in [2.45, 2.75) is 25.7 Å². The molecule has 0 fully saturated rings. The van der Waals surface area contributed by atoms with E-state index in [1.165, 1.54) is 11.3 Å². The van der Waals surface area contributed by atoms with Crippen molar-refractivity contribution in [3.63, 3.8) is 0 Å². The van der Waals surface area contributed by atoms with Gasteiger partial charge in [0.2, 0.25) is 0 Å². The molecule has 0 amide bonds. The van der Waals surface area contributed by atoms with Gasteiger partial charge in [-0.1, -0.05) is 12.1 Å². The molecule has 1 aliphatic heterocycles. The first-order valence-electron chi connectivity index (χ1n) is 6.79. The van der Waals surface area contributed by atoms with Crippen LogP contribution in [0, 0.1) is 0 Å². The van der Waals surface area contributed by atoms with Crippen molar-refractivity contribution in [2.75, 3.05) is 6.61 Å². The Hall–Kier alpha value is -1.65. The van der Waals surface area contributed by atoms with Gasteiger partial charge in [0.05, 0.1) is 0 Å². The highest BCUT2D eigenvalue weighted by molar-refractivity contribution is 7.12. The van der Waals surface area contributed by atoms with Crippen molar-refractivity contribution in [1.82, 2.24) is 0 Å². The summed E-state index contributed by atoms with van der Waals surface area (Å²) in [5.74, 6) is 0.432. The van der Waals surface area contributed by atoms with E-state index in [1.54, 1.807) is 0 Å². The van der Waals surface area contributed by atoms with Crippen molar-refractivity contribution in [3.8, 4) is 5.75 Å². The molecule has 1 aromatic heterocycles. The van der Waals surface area contributed by atoms with Crippen LogP contribution in [0.1, 0.15) is 39.2 Å². The van der Waals surface area contributed by atoms with Crippen molar-refractivity contribution < 1.29 is 14.6 Å². The van der Waals surface area contributed by atoms with E-state index in [2.05, 4.69) is 6.07 Å². The molecule has 0 saturated carbocycles. The summed E-state index contributed by atoms with van der Waals surface area (Å²) in [6.07, 6.45) is 3.38. The molecule has 1 aliphatic rings. The molecular weight excluding hydrogens is 272 g/mol. The largest absolute Gasteiger partial charge is 0.422 e. The minimum absolute atomic E-state index is 0.222. The van der Waals surface area contributed by atoms with Crippen LogP contribution in [0.5, 0.6) is 5.75 Å². The third-order valence-electron chi connectivity index (χ3n) is 3.52. The van der Waals surface area contributed by atoms with Crippen LogP contribution < -0.4 is 4.74 Å². The molecule has 4 heteroatoms. The number of benzene rings is 1. The second kappa shape index (κ2) is 5.77. The number of aryl methyl sites for hydroxylation is 1. The second-order valence-electron chi connectivity index (χ2n) is 4.96. The SMILES string of the molecule is O=C1Oc2cc(CCCCO)ccc2Cc2ccsc21. The molecule has 1 aromatic carbocycles. The number of thiophene rings is 1. The molecule has 0 unspecified atom stereocenters. The number of esters is 1. The first kappa shape index (κ1) is 13.3. The van der Waals surface area contributed by atoms with E-state index in [9.17, 15) is 4.79 Å². The van der Waals surface area contributed by atoms with Crippen LogP contribution in [-0.2, 0) is 12.8 Å². The lowest BCUT2D eigenvalue weighted by atomic mass is 10.0. The van der Waals surface area contributed by atoms with E-state index in [1.807, 2.05) is 23.6 Å². The Kier molecular flexibility index (Phi) is 3.85. The summed E-state index contributed by atoms with van der Waals surface area (Å²) in [5, 5.41) is 10.7. The van der Waals surface area contributed by atoms with Gasteiger partial charge in [-0.15, -0.1) is 11.3 Å². The van der Waals surface area contributed by atoms with E-state index in [-0.39, 0.29) is 12.6 Å². The third-order valence-corrected chi connectivity index (χ3v) is 4.46. The summed E-state index contributed by atoms with van der Waals surface area (Å²) >= 11 is 1.44. The zero-order valence-corrected chi connectivity index (χ0v) is 11.9. The fourth-order valence-corrected chi connectivity index (χ4v) is 3.24. The normalized spacial score (nSPS) is 13.3. The van der Waals surface area contributed by atoms with E-state index in [0.717, 1.165) is 42.4 Å². The number of carbonyl (C=O) groups excluding carboxylic acids is 1. The number of rotatable bonds is 4. The lowest BCUT2D eigenvalue weighted by Crippen LogP contribution is -2.06. The van der Waals surface area contributed by atoms with Gasteiger partial charge in [-0.3, -0.25) is 0 Å². The van der Waals surface area contributed by atoms with Crippen LogP contribution in [0.2, 0.25) is 0 Å². The molecule has 1 N–H and O–H groups in total. The van der Waals surface area contributed by atoms with Gasteiger partial charge in [-0.05, 0) is 53.5 Å². The maximum absolute atomic E-state index is 12.1. The highest BCUT2D eigenvalue weighted by atomic mass is 32.1. The van der Waals surface area contributed by atoms with Crippen LogP contribution in [0.15, 0.2) is 29.6 Å². The molecule has 0 bridgehead atoms. The highest BCUT2D eigenvalue weighted by Gasteiger charge is 2.22. The highest BCUT2D eigenvalue weighted by Crippen LogP contribution is 2.31. The van der Waals surface area contributed by atoms with Gasteiger partial charge in [-0.2, -0.15) is 0 Å². The smallest absolute Gasteiger partial charge is 0.354 e. The second-order valence-corrected chi connectivity index (χ2v) is 5.88. The number of aliphatic hydroxyl groups is 1. The lowest BCUT2D eigenvalue weighted by Gasteiger charge is -2.08. The number of aliphatic hydroxyl groups excluding tert-OH is 1. The van der Waals surface area contributed by atoms with Gasteiger partial charge in [0, 0.05) is 13.0 Å². The number of ether oxygens (including phenoxy) is 1. The molecule has 2 aromatic rings. The third kappa shape index (κ3) is 2.62. The maximum Gasteiger partial charge on any atom is 0.354 e. The van der Waals surface area contributed by atoms with Crippen molar-refractivity contribution in [1.29, 1.82) is 0 Å². The van der Waals surface area contributed by atoms with E-state index < -0.39 is 0 Å². The monoisotopic (exact) mass is 288 g/mol. The number of carbonyl (C=O) groups is 1. The van der Waals surface area contributed by atoms with Gasteiger partial charge in [0.1, 0.15) is 10.6 Å². The zero-order chi connectivity index (χ0) is 13.9. The Bertz CT molecular complexity index is 630. The van der Waals surface area contributed by atoms with Crippen molar-refractivity contribution in [2.24, 2.45) is 0 Å². The first-order chi connectivity index (χ1) is 9.78. The molecule has 0 saturated heterocycles. The van der Waals surface area contributed by atoms with Crippen molar-refractivity contribution in [3.05, 3.63) is 51.2 Å². The minimum atomic E-state index is -0.249. The fraction of sp³-hybridized carbons (Fsp3) is 0.312. The summed E-state index contributed by atoms with van der Waals surface area (Å²) in [6.45, 7) is 0.222. The Labute approximate surface area is 121 Å². The number of hydrogen-bond acceptors (Lipinski definition) is 4.